The van der Waals surface area contributed by atoms with Gasteiger partial charge in [-0.15, -0.1) is 0 Å². The average molecular weight is 391 g/mol. The Hall–Kier alpha value is -0.160. The Morgan fingerprint density at radius 1 is 0.536 bits per heavy atom. The van der Waals surface area contributed by atoms with Crippen molar-refractivity contribution >= 4 is 0 Å². The normalized spacial score (nSPS) is 40.7. The van der Waals surface area contributed by atoms with Crippen LogP contribution in [0.2, 0.25) is 0 Å². The molecule has 0 N–H and O–H groups in total. The molecule has 0 aromatic carbocycles. The summed E-state index contributed by atoms with van der Waals surface area (Å²) in [6.45, 7) is 24.2. The van der Waals surface area contributed by atoms with Crippen LogP contribution in [-0.4, -0.2) is 67.4 Å². The molecule has 162 valence electrons. The third-order valence-electron chi connectivity index (χ3n) is 7.98. The highest BCUT2D eigenvalue weighted by Gasteiger charge is 2.65. The van der Waals surface area contributed by atoms with Crippen LogP contribution in [0.1, 0.15) is 94.9 Å². The Balaban J connectivity index is 1.81. The summed E-state index contributed by atoms with van der Waals surface area (Å²) < 4.78 is 0. The quantitative estimate of drug-likeness (QED) is 0.674. The van der Waals surface area contributed by atoms with Crippen molar-refractivity contribution in [2.24, 2.45) is 11.8 Å². The SMILES string of the molecule is CC(C)N1C2CCC(C3C2C2CCC3N(C(C)(C)C)N2C(C)C)N1C(C)(C)C. The van der Waals surface area contributed by atoms with Gasteiger partial charge in [-0.3, -0.25) is 0 Å². The summed E-state index contributed by atoms with van der Waals surface area (Å²) in [5.41, 5.74) is 0.388. The Kier molecular flexibility index (Phi) is 5.02. The van der Waals surface area contributed by atoms with Crippen molar-refractivity contribution in [2.75, 3.05) is 0 Å². The molecule has 4 saturated heterocycles. The standard InChI is InChI=1S/C24H46N4/c1-15(2)25-17-11-13-19(27(25)23(5,6)7)22-20-14-12-18(21(17)22)26(16(3)4)28(20)24(8,9)10/h15-22H,11-14H2,1-10H3. The monoisotopic (exact) mass is 390 g/mol. The van der Waals surface area contributed by atoms with Crippen LogP contribution in [0.5, 0.6) is 0 Å². The molecule has 2 saturated carbocycles. The van der Waals surface area contributed by atoms with Gasteiger partial charge in [0, 0.05) is 47.3 Å². The smallest absolute Gasteiger partial charge is 0.0300 e. The molecular weight excluding hydrogens is 344 g/mol. The fourth-order valence-corrected chi connectivity index (χ4v) is 7.79. The maximum atomic E-state index is 2.84. The summed E-state index contributed by atoms with van der Waals surface area (Å²) in [4.78, 5) is 0. The van der Waals surface area contributed by atoms with Gasteiger partial charge in [0.1, 0.15) is 0 Å². The molecule has 4 heterocycles. The van der Waals surface area contributed by atoms with E-state index in [2.05, 4.69) is 89.3 Å². The van der Waals surface area contributed by atoms with Crippen LogP contribution < -0.4 is 0 Å². The molecule has 0 amide bonds. The number of fused-ring (bicyclic) bond motifs is 4. The van der Waals surface area contributed by atoms with Gasteiger partial charge in [0.2, 0.25) is 0 Å². The van der Waals surface area contributed by atoms with Crippen LogP contribution in [0.4, 0.5) is 0 Å². The zero-order valence-electron chi connectivity index (χ0n) is 20.2. The van der Waals surface area contributed by atoms with Gasteiger partial charge in [0.15, 0.2) is 0 Å². The second kappa shape index (κ2) is 6.67. The molecule has 0 aromatic heterocycles. The van der Waals surface area contributed by atoms with E-state index in [-0.39, 0.29) is 11.1 Å². The number of hydrazine groups is 2. The molecule has 4 nitrogen and oxygen atoms in total. The van der Waals surface area contributed by atoms with E-state index in [1.165, 1.54) is 25.7 Å². The first-order valence-corrected chi connectivity index (χ1v) is 12.0. The van der Waals surface area contributed by atoms with Crippen molar-refractivity contribution in [3.05, 3.63) is 0 Å². The molecule has 6 fully saturated rings. The zero-order valence-corrected chi connectivity index (χ0v) is 20.2. The van der Waals surface area contributed by atoms with Gasteiger partial charge in [-0.2, -0.15) is 0 Å². The zero-order chi connectivity index (χ0) is 20.8. The Bertz CT molecular complexity index is 536. The van der Waals surface area contributed by atoms with Gasteiger partial charge < -0.3 is 0 Å². The molecule has 4 heteroatoms. The van der Waals surface area contributed by atoms with E-state index in [9.17, 15) is 0 Å². The lowest BCUT2D eigenvalue weighted by molar-refractivity contribution is -0.336. The van der Waals surface area contributed by atoms with Gasteiger partial charge in [-0.1, -0.05) is 0 Å². The van der Waals surface area contributed by atoms with Gasteiger partial charge in [-0.25, -0.2) is 20.0 Å². The van der Waals surface area contributed by atoms with E-state index in [0.717, 1.165) is 11.8 Å². The summed E-state index contributed by atoms with van der Waals surface area (Å²) in [5.74, 6) is 1.65. The van der Waals surface area contributed by atoms with E-state index in [0.29, 0.717) is 36.3 Å². The molecule has 0 aromatic rings. The van der Waals surface area contributed by atoms with Crippen LogP contribution in [0.25, 0.3) is 0 Å². The van der Waals surface area contributed by atoms with E-state index < -0.39 is 0 Å². The van der Waals surface area contributed by atoms with Crippen LogP contribution >= 0.6 is 0 Å². The predicted molar refractivity (Wildman–Crippen MR) is 118 cm³/mol. The van der Waals surface area contributed by atoms with Crippen LogP contribution in [-0.2, 0) is 0 Å². The molecule has 0 spiro atoms. The van der Waals surface area contributed by atoms with Crippen molar-refractivity contribution in [1.29, 1.82) is 0 Å². The van der Waals surface area contributed by atoms with Crippen molar-refractivity contribution in [3.63, 3.8) is 0 Å². The highest BCUT2D eigenvalue weighted by molar-refractivity contribution is 5.16. The largest absolute Gasteiger partial charge is 0.235 e. The van der Waals surface area contributed by atoms with Crippen LogP contribution in [0.15, 0.2) is 0 Å². The summed E-state index contributed by atoms with van der Waals surface area (Å²) in [6.07, 6.45) is 5.55. The maximum Gasteiger partial charge on any atom is 0.0300 e. The molecule has 4 aliphatic heterocycles. The van der Waals surface area contributed by atoms with Crippen LogP contribution in [0.3, 0.4) is 0 Å². The topological polar surface area (TPSA) is 13.0 Å². The van der Waals surface area contributed by atoms with Gasteiger partial charge in [0.05, 0.1) is 0 Å². The minimum Gasteiger partial charge on any atom is -0.235 e. The lowest BCUT2D eigenvalue weighted by atomic mass is 9.57. The van der Waals surface area contributed by atoms with Crippen molar-refractivity contribution < 1.29 is 0 Å². The maximum absolute atomic E-state index is 2.84. The second-order valence-electron chi connectivity index (χ2n) is 12.6. The summed E-state index contributed by atoms with van der Waals surface area (Å²) >= 11 is 0. The molecule has 6 aliphatic rings. The average Bonchev–Trinajstić information content (AvgIpc) is 2.59. The van der Waals surface area contributed by atoms with E-state index in [4.69, 9.17) is 0 Å². The fraction of sp³-hybridized carbons (Fsp3) is 1.00. The molecule has 2 aliphatic carbocycles. The van der Waals surface area contributed by atoms with Gasteiger partial charge in [-0.05, 0) is 107 Å². The van der Waals surface area contributed by atoms with Crippen molar-refractivity contribution in [2.45, 2.75) is 142 Å². The summed E-state index contributed by atoms with van der Waals surface area (Å²) in [6, 6.07) is 3.99. The van der Waals surface area contributed by atoms with Gasteiger partial charge >= 0.3 is 0 Å². The first-order valence-electron chi connectivity index (χ1n) is 12.0. The Morgan fingerprint density at radius 3 is 1.11 bits per heavy atom. The lowest BCUT2D eigenvalue weighted by Crippen LogP contribution is -2.84. The van der Waals surface area contributed by atoms with Crippen LogP contribution in [0, 0.1) is 11.8 Å². The van der Waals surface area contributed by atoms with E-state index >= 15 is 0 Å². The predicted octanol–water partition coefficient (Wildman–Crippen LogP) is 4.76. The lowest BCUT2D eigenvalue weighted by Gasteiger charge is -2.74. The number of nitrogens with zero attached hydrogens (tertiary/aromatic N) is 4. The molecule has 0 radical (unpaired) electrons. The van der Waals surface area contributed by atoms with E-state index in [1.807, 2.05) is 0 Å². The number of rotatable bonds is 2. The summed E-state index contributed by atoms with van der Waals surface area (Å²) in [7, 11) is 0. The first kappa shape index (κ1) is 21.1. The highest BCUT2D eigenvalue weighted by atomic mass is 15.7. The van der Waals surface area contributed by atoms with Crippen molar-refractivity contribution in [1.82, 2.24) is 20.0 Å². The molecular formula is C24H46N4. The molecule has 6 rings (SSSR count). The first-order chi connectivity index (χ1) is 12.9. The third-order valence-corrected chi connectivity index (χ3v) is 7.98. The Morgan fingerprint density at radius 2 is 0.821 bits per heavy atom. The number of hydrogen-bond donors (Lipinski definition) is 0. The number of hydrogen-bond acceptors (Lipinski definition) is 4. The summed E-state index contributed by atoms with van der Waals surface area (Å²) in [5, 5.41) is 11.3. The minimum atomic E-state index is 0.194. The molecule has 4 atom stereocenters. The van der Waals surface area contributed by atoms with Gasteiger partial charge in [0.25, 0.3) is 0 Å². The Labute approximate surface area is 174 Å². The minimum absolute atomic E-state index is 0.194. The van der Waals surface area contributed by atoms with Crippen molar-refractivity contribution in [3.8, 4) is 0 Å². The third kappa shape index (κ3) is 2.92. The van der Waals surface area contributed by atoms with E-state index in [1.54, 1.807) is 0 Å². The second-order valence-corrected chi connectivity index (χ2v) is 12.6. The molecule has 28 heavy (non-hydrogen) atoms. The molecule has 4 bridgehead atoms. The fourth-order valence-electron chi connectivity index (χ4n) is 7.79. The highest BCUT2D eigenvalue weighted by Crippen LogP contribution is 2.58. The molecule has 4 unspecified atom stereocenters.